The van der Waals surface area contributed by atoms with Gasteiger partial charge in [0.1, 0.15) is 0 Å². The average Bonchev–Trinajstić information content (AvgIpc) is 2.72. The summed E-state index contributed by atoms with van der Waals surface area (Å²) >= 11 is 0. The van der Waals surface area contributed by atoms with Crippen LogP contribution in [0.3, 0.4) is 0 Å². The molecule has 1 aromatic rings. The third-order valence-corrected chi connectivity index (χ3v) is 4.83. The van der Waals surface area contributed by atoms with Crippen molar-refractivity contribution in [3.05, 3.63) is 29.8 Å². The summed E-state index contributed by atoms with van der Waals surface area (Å²) in [6.07, 6.45) is 5.48. The first-order valence-corrected chi connectivity index (χ1v) is 9.98. The number of allylic oxidation sites excluding steroid dienone is 1. The molecule has 0 saturated carbocycles. The number of piperidine rings is 1. The summed E-state index contributed by atoms with van der Waals surface area (Å²) in [5.74, 6) is 1.34. The van der Waals surface area contributed by atoms with Crippen LogP contribution in [0.2, 0.25) is 0 Å². The number of ether oxygens (including phenoxy) is 3. The van der Waals surface area contributed by atoms with Gasteiger partial charge in [0.15, 0.2) is 17.3 Å². The Morgan fingerprint density at radius 2 is 1.86 bits per heavy atom. The van der Waals surface area contributed by atoms with Crippen molar-refractivity contribution < 1.29 is 23.8 Å². The lowest BCUT2D eigenvalue weighted by molar-refractivity contribution is -0.149. The summed E-state index contributed by atoms with van der Waals surface area (Å²) in [6.45, 7) is 7.13. The van der Waals surface area contributed by atoms with E-state index in [1.165, 1.54) is 0 Å². The summed E-state index contributed by atoms with van der Waals surface area (Å²) in [6, 6.07) is 5.60. The van der Waals surface area contributed by atoms with E-state index in [0.29, 0.717) is 37.7 Å². The van der Waals surface area contributed by atoms with Crippen LogP contribution in [0.25, 0.3) is 6.08 Å². The molecule has 162 valence electrons. The molecule has 1 aliphatic heterocycles. The number of ketones is 1. The molecule has 0 unspecified atom stereocenters. The van der Waals surface area contributed by atoms with Crippen LogP contribution in [0.1, 0.15) is 38.7 Å². The van der Waals surface area contributed by atoms with Crippen molar-refractivity contribution >= 4 is 30.2 Å². The van der Waals surface area contributed by atoms with E-state index in [2.05, 4.69) is 4.90 Å². The highest BCUT2D eigenvalue weighted by Gasteiger charge is 2.25. The molecule has 0 amide bonds. The molecule has 0 N–H and O–H groups in total. The molecule has 7 heteroatoms. The van der Waals surface area contributed by atoms with Crippen LogP contribution in [0.5, 0.6) is 11.5 Å². The van der Waals surface area contributed by atoms with Gasteiger partial charge in [-0.05, 0) is 63.6 Å². The van der Waals surface area contributed by atoms with Gasteiger partial charge in [-0.25, -0.2) is 0 Å². The lowest BCUT2D eigenvalue weighted by atomic mass is 9.97. The molecule has 0 atom stereocenters. The number of nitrogens with zero attached hydrogens (tertiary/aromatic N) is 1. The van der Waals surface area contributed by atoms with Crippen LogP contribution in [0, 0.1) is 5.92 Å². The lowest BCUT2D eigenvalue weighted by Gasteiger charge is -2.30. The average molecular weight is 426 g/mol. The van der Waals surface area contributed by atoms with Crippen molar-refractivity contribution in [2.45, 2.75) is 33.1 Å². The number of hydrogen-bond acceptors (Lipinski definition) is 6. The van der Waals surface area contributed by atoms with E-state index in [-0.39, 0.29) is 30.1 Å². The fourth-order valence-corrected chi connectivity index (χ4v) is 3.26. The molecule has 0 spiro atoms. The predicted molar refractivity (Wildman–Crippen MR) is 116 cm³/mol. The number of esters is 1. The van der Waals surface area contributed by atoms with Gasteiger partial charge in [-0.3, -0.25) is 9.59 Å². The van der Waals surface area contributed by atoms with Crippen molar-refractivity contribution in [2.24, 2.45) is 5.92 Å². The number of rotatable bonds is 10. The Hall–Kier alpha value is -2.05. The highest BCUT2D eigenvalue weighted by atomic mass is 35.5. The third kappa shape index (κ3) is 8.07. The minimum absolute atomic E-state index is 0. The largest absolute Gasteiger partial charge is 0.493 e. The smallest absolute Gasteiger partial charge is 0.309 e. The Kier molecular flexibility index (Phi) is 11.4. The molecule has 1 aromatic carbocycles. The standard InChI is InChI=1S/C22H31NO5.ClH/c1-4-27-20-9-7-17(16-21(20)26-3)6-8-19(24)12-15-23-13-10-18(11-14-23)22(25)28-5-2;/h6-9,16,18H,4-5,10-15H2,1-3H3;1H/b8-6+;. The van der Waals surface area contributed by atoms with Crippen molar-refractivity contribution in [3.63, 3.8) is 0 Å². The normalized spacial score (nSPS) is 15.0. The maximum absolute atomic E-state index is 12.2. The number of carbonyl (C=O) groups is 2. The minimum Gasteiger partial charge on any atom is -0.493 e. The fraction of sp³-hybridized carbons (Fsp3) is 0.545. The third-order valence-electron chi connectivity index (χ3n) is 4.83. The minimum atomic E-state index is -0.0908. The summed E-state index contributed by atoms with van der Waals surface area (Å²) < 4.78 is 15.9. The Labute approximate surface area is 179 Å². The van der Waals surface area contributed by atoms with Crippen molar-refractivity contribution in [1.82, 2.24) is 4.90 Å². The number of benzene rings is 1. The molecule has 1 aliphatic rings. The van der Waals surface area contributed by atoms with Crippen LogP contribution in [-0.2, 0) is 14.3 Å². The van der Waals surface area contributed by atoms with Gasteiger partial charge in [0, 0.05) is 13.0 Å². The topological polar surface area (TPSA) is 65.1 Å². The quantitative estimate of drug-likeness (QED) is 0.420. The van der Waals surface area contributed by atoms with Gasteiger partial charge < -0.3 is 19.1 Å². The maximum Gasteiger partial charge on any atom is 0.309 e. The van der Waals surface area contributed by atoms with Gasteiger partial charge in [0.05, 0.1) is 26.2 Å². The van der Waals surface area contributed by atoms with Crippen molar-refractivity contribution in [1.29, 1.82) is 0 Å². The zero-order chi connectivity index (χ0) is 20.4. The molecular formula is C22H32ClNO5. The summed E-state index contributed by atoms with van der Waals surface area (Å²) in [7, 11) is 1.60. The van der Waals surface area contributed by atoms with Crippen molar-refractivity contribution in [2.75, 3.05) is 40.0 Å². The molecule has 1 saturated heterocycles. The molecular weight excluding hydrogens is 394 g/mol. The molecule has 0 radical (unpaired) electrons. The fourth-order valence-electron chi connectivity index (χ4n) is 3.26. The first-order chi connectivity index (χ1) is 13.6. The monoisotopic (exact) mass is 425 g/mol. The van der Waals surface area contributed by atoms with Gasteiger partial charge in [-0.2, -0.15) is 0 Å². The first-order valence-electron chi connectivity index (χ1n) is 9.98. The second-order valence-electron chi connectivity index (χ2n) is 6.76. The van der Waals surface area contributed by atoms with E-state index < -0.39 is 0 Å². The van der Waals surface area contributed by atoms with Gasteiger partial charge >= 0.3 is 5.97 Å². The molecule has 2 rings (SSSR count). The number of likely N-dealkylation sites (tertiary alicyclic amines) is 1. The predicted octanol–water partition coefficient (Wildman–Crippen LogP) is 3.76. The first kappa shape index (κ1) is 25.0. The highest BCUT2D eigenvalue weighted by molar-refractivity contribution is 5.93. The second-order valence-corrected chi connectivity index (χ2v) is 6.76. The molecule has 1 heterocycles. The van der Waals surface area contributed by atoms with Crippen LogP contribution < -0.4 is 9.47 Å². The van der Waals surface area contributed by atoms with Gasteiger partial charge in [-0.1, -0.05) is 12.1 Å². The Morgan fingerprint density at radius 1 is 1.14 bits per heavy atom. The Balaban J connectivity index is 0.00000420. The molecule has 29 heavy (non-hydrogen) atoms. The molecule has 1 fully saturated rings. The number of carbonyl (C=O) groups excluding carboxylic acids is 2. The van der Waals surface area contributed by atoms with Crippen molar-refractivity contribution in [3.8, 4) is 11.5 Å². The summed E-state index contributed by atoms with van der Waals surface area (Å²) in [5.41, 5.74) is 0.893. The number of halogens is 1. The van der Waals surface area contributed by atoms with Crippen LogP contribution in [0.4, 0.5) is 0 Å². The number of methoxy groups -OCH3 is 1. The molecule has 0 aromatic heterocycles. The van der Waals surface area contributed by atoms with E-state index in [9.17, 15) is 9.59 Å². The van der Waals surface area contributed by atoms with E-state index >= 15 is 0 Å². The van der Waals surface area contributed by atoms with Gasteiger partial charge in [-0.15, -0.1) is 12.4 Å². The SMILES string of the molecule is CCOC(=O)C1CCN(CCC(=O)/C=C/c2ccc(OCC)c(OC)c2)CC1.Cl. The van der Waals surface area contributed by atoms with E-state index in [1.54, 1.807) is 19.3 Å². The zero-order valence-electron chi connectivity index (χ0n) is 17.5. The maximum atomic E-state index is 12.2. The van der Waals surface area contributed by atoms with E-state index in [1.807, 2.05) is 32.0 Å². The van der Waals surface area contributed by atoms with Crippen LogP contribution >= 0.6 is 12.4 Å². The zero-order valence-corrected chi connectivity index (χ0v) is 18.3. The Morgan fingerprint density at radius 3 is 2.48 bits per heavy atom. The molecule has 0 bridgehead atoms. The van der Waals surface area contributed by atoms with E-state index in [4.69, 9.17) is 14.2 Å². The second kappa shape index (κ2) is 13.2. The Bertz CT molecular complexity index is 684. The highest BCUT2D eigenvalue weighted by Crippen LogP contribution is 2.28. The van der Waals surface area contributed by atoms with Crippen LogP contribution in [0.15, 0.2) is 24.3 Å². The molecule has 6 nitrogen and oxygen atoms in total. The van der Waals surface area contributed by atoms with Gasteiger partial charge in [0.2, 0.25) is 0 Å². The lowest BCUT2D eigenvalue weighted by Crippen LogP contribution is -2.37. The van der Waals surface area contributed by atoms with E-state index in [0.717, 1.165) is 31.5 Å². The number of hydrogen-bond donors (Lipinski definition) is 0. The van der Waals surface area contributed by atoms with Crippen LogP contribution in [-0.4, -0.2) is 56.6 Å². The summed E-state index contributed by atoms with van der Waals surface area (Å²) in [4.78, 5) is 26.2. The van der Waals surface area contributed by atoms with Gasteiger partial charge in [0.25, 0.3) is 0 Å². The summed E-state index contributed by atoms with van der Waals surface area (Å²) in [5, 5.41) is 0. The molecule has 0 aliphatic carbocycles.